The van der Waals surface area contributed by atoms with Gasteiger partial charge in [-0.3, -0.25) is 0 Å². The van der Waals surface area contributed by atoms with Crippen molar-refractivity contribution in [2.24, 2.45) is 0 Å². The van der Waals surface area contributed by atoms with E-state index in [0.717, 1.165) is 22.5 Å². The molecule has 2 rings (SSSR count). The van der Waals surface area contributed by atoms with Gasteiger partial charge in [-0.15, -0.1) is 0 Å². The quantitative estimate of drug-likeness (QED) is 0.745. The lowest BCUT2D eigenvalue weighted by atomic mass is 10.2. The molecule has 0 saturated heterocycles. The van der Waals surface area contributed by atoms with Crippen molar-refractivity contribution in [3.05, 3.63) is 46.3 Å². The van der Waals surface area contributed by atoms with Gasteiger partial charge >= 0.3 is 5.63 Å². The highest BCUT2D eigenvalue weighted by atomic mass is 32.2. The van der Waals surface area contributed by atoms with Crippen LogP contribution in [0.2, 0.25) is 0 Å². The van der Waals surface area contributed by atoms with Gasteiger partial charge < -0.3 is 4.42 Å². The molecule has 0 fully saturated rings. The molecule has 0 aliphatic rings. The van der Waals surface area contributed by atoms with Crippen LogP contribution in [-0.2, 0) is 5.75 Å². The van der Waals surface area contributed by atoms with Gasteiger partial charge in [0.2, 0.25) is 0 Å². The SMILES string of the molecule is CCSCc1cc2ccccc2oc1=O. The van der Waals surface area contributed by atoms with Crippen molar-refractivity contribution < 1.29 is 4.42 Å². The highest BCUT2D eigenvalue weighted by Crippen LogP contribution is 2.15. The van der Waals surface area contributed by atoms with E-state index in [2.05, 4.69) is 6.92 Å². The molecule has 0 aliphatic heterocycles. The minimum atomic E-state index is -0.213. The van der Waals surface area contributed by atoms with Crippen LogP contribution in [0.1, 0.15) is 12.5 Å². The Morgan fingerprint density at radius 2 is 2.13 bits per heavy atom. The maximum Gasteiger partial charge on any atom is 0.340 e. The first-order valence-corrected chi connectivity index (χ1v) is 6.06. The Morgan fingerprint density at radius 3 is 2.93 bits per heavy atom. The lowest BCUT2D eigenvalue weighted by molar-refractivity contribution is 0.554. The zero-order valence-electron chi connectivity index (χ0n) is 8.53. The van der Waals surface area contributed by atoms with Gasteiger partial charge in [0.1, 0.15) is 5.58 Å². The van der Waals surface area contributed by atoms with Crippen molar-refractivity contribution in [2.75, 3.05) is 5.75 Å². The summed E-state index contributed by atoms with van der Waals surface area (Å²) in [6.07, 6.45) is 0. The fourth-order valence-electron chi connectivity index (χ4n) is 1.42. The van der Waals surface area contributed by atoms with Gasteiger partial charge in [0.25, 0.3) is 0 Å². The second-order valence-corrected chi connectivity index (χ2v) is 4.51. The summed E-state index contributed by atoms with van der Waals surface area (Å²) in [7, 11) is 0. The lowest BCUT2D eigenvalue weighted by Gasteiger charge is -2.00. The molecule has 15 heavy (non-hydrogen) atoms. The minimum Gasteiger partial charge on any atom is -0.423 e. The van der Waals surface area contributed by atoms with E-state index in [9.17, 15) is 4.79 Å². The molecule has 2 aromatic rings. The number of rotatable bonds is 3. The first-order valence-electron chi connectivity index (χ1n) is 4.91. The van der Waals surface area contributed by atoms with Gasteiger partial charge in [0.05, 0.1) is 0 Å². The van der Waals surface area contributed by atoms with Gasteiger partial charge in [-0.2, -0.15) is 11.8 Å². The van der Waals surface area contributed by atoms with Crippen LogP contribution in [0.4, 0.5) is 0 Å². The lowest BCUT2D eigenvalue weighted by Crippen LogP contribution is -2.05. The standard InChI is InChI=1S/C12H12O2S/c1-2-15-8-10-7-9-5-3-4-6-11(9)14-12(10)13/h3-7H,2,8H2,1H3. The van der Waals surface area contributed by atoms with Crippen molar-refractivity contribution in [2.45, 2.75) is 12.7 Å². The van der Waals surface area contributed by atoms with Gasteiger partial charge in [-0.1, -0.05) is 25.1 Å². The maximum atomic E-state index is 11.6. The third kappa shape index (κ3) is 2.23. The molecule has 1 aromatic heterocycles. The number of thioether (sulfide) groups is 1. The fraction of sp³-hybridized carbons (Fsp3) is 0.250. The second-order valence-electron chi connectivity index (χ2n) is 3.23. The van der Waals surface area contributed by atoms with Gasteiger partial charge in [0.15, 0.2) is 0 Å². The van der Waals surface area contributed by atoms with E-state index >= 15 is 0 Å². The zero-order valence-corrected chi connectivity index (χ0v) is 9.34. The van der Waals surface area contributed by atoms with E-state index in [1.165, 1.54) is 0 Å². The molecular formula is C12H12O2S. The monoisotopic (exact) mass is 220 g/mol. The van der Waals surface area contributed by atoms with Gasteiger partial charge in [-0.25, -0.2) is 4.79 Å². The van der Waals surface area contributed by atoms with Crippen LogP contribution in [0.15, 0.2) is 39.5 Å². The number of hydrogen-bond acceptors (Lipinski definition) is 3. The van der Waals surface area contributed by atoms with Crippen LogP contribution in [-0.4, -0.2) is 5.75 Å². The first kappa shape index (κ1) is 10.3. The van der Waals surface area contributed by atoms with E-state index in [0.29, 0.717) is 5.58 Å². The summed E-state index contributed by atoms with van der Waals surface area (Å²) in [4.78, 5) is 11.6. The Morgan fingerprint density at radius 1 is 1.33 bits per heavy atom. The third-order valence-corrected chi connectivity index (χ3v) is 3.10. The Bertz CT molecular complexity index is 516. The first-order chi connectivity index (χ1) is 7.31. The molecule has 0 radical (unpaired) electrons. The summed E-state index contributed by atoms with van der Waals surface area (Å²) in [5.74, 6) is 1.73. The van der Waals surface area contributed by atoms with E-state index in [1.807, 2.05) is 30.3 Å². The Balaban J connectivity index is 2.48. The molecule has 0 bridgehead atoms. The van der Waals surface area contributed by atoms with Gasteiger partial charge in [-0.05, 0) is 17.9 Å². The molecule has 3 heteroatoms. The summed E-state index contributed by atoms with van der Waals surface area (Å²) in [5, 5.41) is 0.990. The average molecular weight is 220 g/mol. The number of fused-ring (bicyclic) bond motifs is 1. The Hall–Kier alpha value is -1.22. The van der Waals surface area contributed by atoms with Crippen LogP contribution in [0.3, 0.4) is 0 Å². The third-order valence-electron chi connectivity index (χ3n) is 2.18. The largest absolute Gasteiger partial charge is 0.423 e. The van der Waals surface area contributed by atoms with E-state index in [1.54, 1.807) is 11.8 Å². The van der Waals surface area contributed by atoms with Crippen molar-refractivity contribution in [1.29, 1.82) is 0 Å². The van der Waals surface area contributed by atoms with E-state index < -0.39 is 0 Å². The molecule has 0 atom stereocenters. The van der Waals surface area contributed by atoms with Crippen LogP contribution in [0, 0.1) is 0 Å². The highest BCUT2D eigenvalue weighted by molar-refractivity contribution is 7.98. The predicted molar refractivity (Wildman–Crippen MR) is 64.3 cm³/mol. The summed E-state index contributed by atoms with van der Waals surface area (Å²) in [6, 6.07) is 9.50. The summed E-state index contributed by atoms with van der Waals surface area (Å²) < 4.78 is 5.22. The molecule has 1 aromatic carbocycles. The van der Waals surface area contributed by atoms with Crippen LogP contribution >= 0.6 is 11.8 Å². The number of hydrogen-bond donors (Lipinski definition) is 0. The molecule has 0 unspecified atom stereocenters. The van der Waals surface area contributed by atoms with Crippen molar-refractivity contribution >= 4 is 22.7 Å². The highest BCUT2D eigenvalue weighted by Gasteiger charge is 2.03. The molecule has 0 amide bonds. The molecule has 1 heterocycles. The fourth-order valence-corrected chi connectivity index (χ4v) is 2.04. The molecule has 0 aliphatic carbocycles. The molecule has 2 nitrogen and oxygen atoms in total. The van der Waals surface area contributed by atoms with Crippen LogP contribution in [0.5, 0.6) is 0 Å². The topological polar surface area (TPSA) is 30.2 Å². The zero-order chi connectivity index (χ0) is 10.7. The second kappa shape index (κ2) is 4.53. The van der Waals surface area contributed by atoms with E-state index in [4.69, 9.17) is 4.42 Å². The number of para-hydroxylation sites is 1. The van der Waals surface area contributed by atoms with Crippen molar-refractivity contribution in [1.82, 2.24) is 0 Å². The minimum absolute atomic E-state index is 0.213. The molecular weight excluding hydrogens is 208 g/mol. The maximum absolute atomic E-state index is 11.6. The van der Waals surface area contributed by atoms with Crippen LogP contribution < -0.4 is 5.63 Å². The van der Waals surface area contributed by atoms with Gasteiger partial charge in [0, 0.05) is 16.7 Å². The van der Waals surface area contributed by atoms with Crippen LogP contribution in [0.25, 0.3) is 11.0 Å². The van der Waals surface area contributed by atoms with E-state index in [-0.39, 0.29) is 5.63 Å². The van der Waals surface area contributed by atoms with Crippen molar-refractivity contribution in [3.8, 4) is 0 Å². The summed E-state index contributed by atoms with van der Waals surface area (Å²) >= 11 is 1.72. The predicted octanol–water partition coefficient (Wildman–Crippen LogP) is 3.05. The summed E-state index contributed by atoms with van der Waals surface area (Å²) in [5.41, 5.74) is 1.20. The van der Waals surface area contributed by atoms with Crippen molar-refractivity contribution in [3.63, 3.8) is 0 Å². The number of benzene rings is 1. The normalized spacial score (nSPS) is 10.7. The smallest absolute Gasteiger partial charge is 0.340 e. The molecule has 78 valence electrons. The Labute approximate surface area is 92.3 Å². The Kier molecular flexibility index (Phi) is 3.11. The molecule has 0 N–H and O–H groups in total. The summed E-state index contributed by atoms with van der Waals surface area (Å²) in [6.45, 7) is 2.08. The molecule has 0 spiro atoms. The average Bonchev–Trinajstić information content (AvgIpc) is 2.26. The molecule has 0 saturated carbocycles.